The summed E-state index contributed by atoms with van der Waals surface area (Å²) in [5, 5.41) is 0. The number of carbonyl (C=O) groups is 1. The zero-order chi connectivity index (χ0) is 18.2. The van der Waals surface area contributed by atoms with E-state index in [0.29, 0.717) is 13.0 Å². The number of esters is 1. The highest BCUT2D eigenvalue weighted by Gasteiger charge is 2.62. The molecule has 2 aliphatic heterocycles. The Morgan fingerprint density at radius 1 is 0.885 bits per heavy atom. The van der Waals surface area contributed by atoms with Crippen molar-refractivity contribution in [2.45, 2.75) is 44.3 Å². The van der Waals surface area contributed by atoms with Crippen molar-refractivity contribution in [3.05, 3.63) is 77.4 Å². The molecule has 2 aromatic rings. The molecule has 2 atom stereocenters. The lowest BCUT2D eigenvalue weighted by molar-refractivity contribution is -0.210. The van der Waals surface area contributed by atoms with Crippen LogP contribution in [-0.2, 0) is 19.9 Å². The minimum Gasteiger partial charge on any atom is -0.447 e. The standard InChI is InChI=1S/C23H24O3/c1-3-22(18-13-9-6-10-14-18)23(4-2)19(15-16-25-22)20(21(24)26-23)17-11-7-5-8-12-17/h5-14H,3-4,15-16H2,1-2H3/t22-,23-/m1/s1. The molecule has 26 heavy (non-hydrogen) atoms. The van der Waals surface area contributed by atoms with Gasteiger partial charge < -0.3 is 9.47 Å². The van der Waals surface area contributed by atoms with Gasteiger partial charge in [0.25, 0.3) is 0 Å². The Balaban J connectivity index is 1.96. The highest BCUT2D eigenvalue weighted by molar-refractivity contribution is 6.20. The molecule has 2 aliphatic rings. The monoisotopic (exact) mass is 348 g/mol. The topological polar surface area (TPSA) is 35.5 Å². The third-order valence-electron chi connectivity index (χ3n) is 5.91. The van der Waals surface area contributed by atoms with Crippen LogP contribution in [0.5, 0.6) is 0 Å². The molecule has 0 aliphatic carbocycles. The average Bonchev–Trinajstić information content (AvgIpc) is 3.01. The summed E-state index contributed by atoms with van der Waals surface area (Å²) in [5.41, 5.74) is 2.43. The van der Waals surface area contributed by atoms with Gasteiger partial charge in [-0.3, -0.25) is 0 Å². The van der Waals surface area contributed by atoms with Gasteiger partial charge in [0.15, 0.2) is 5.60 Å². The van der Waals surface area contributed by atoms with Crippen LogP contribution in [0.1, 0.15) is 44.2 Å². The second-order valence-corrected chi connectivity index (χ2v) is 6.93. The molecule has 0 N–H and O–H groups in total. The highest BCUT2D eigenvalue weighted by Crippen LogP contribution is 2.57. The van der Waals surface area contributed by atoms with Gasteiger partial charge in [-0.15, -0.1) is 0 Å². The van der Waals surface area contributed by atoms with E-state index in [9.17, 15) is 4.79 Å². The second kappa shape index (κ2) is 6.40. The smallest absolute Gasteiger partial charge is 0.339 e. The molecule has 0 saturated carbocycles. The minimum atomic E-state index is -0.746. The van der Waals surface area contributed by atoms with E-state index in [1.54, 1.807) is 0 Å². The fourth-order valence-corrected chi connectivity index (χ4v) is 4.78. The van der Waals surface area contributed by atoms with Crippen molar-refractivity contribution < 1.29 is 14.3 Å². The predicted molar refractivity (Wildman–Crippen MR) is 101 cm³/mol. The molecule has 0 spiro atoms. The van der Waals surface area contributed by atoms with E-state index in [0.717, 1.165) is 35.1 Å². The van der Waals surface area contributed by atoms with Gasteiger partial charge in [0, 0.05) is 0 Å². The van der Waals surface area contributed by atoms with Crippen LogP contribution in [0.2, 0.25) is 0 Å². The van der Waals surface area contributed by atoms with E-state index in [2.05, 4.69) is 26.0 Å². The quantitative estimate of drug-likeness (QED) is 0.739. The van der Waals surface area contributed by atoms with Gasteiger partial charge in [-0.05, 0) is 36.0 Å². The summed E-state index contributed by atoms with van der Waals surface area (Å²) in [6.07, 6.45) is 2.15. The fourth-order valence-electron chi connectivity index (χ4n) is 4.78. The third kappa shape index (κ3) is 2.20. The van der Waals surface area contributed by atoms with Crippen LogP contribution >= 0.6 is 0 Å². The Labute approximate surface area is 154 Å². The van der Waals surface area contributed by atoms with Crippen molar-refractivity contribution in [3.63, 3.8) is 0 Å². The molecule has 134 valence electrons. The Bertz CT molecular complexity index is 840. The summed E-state index contributed by atoms with van der Waals surface area (Å²) in [7, 11) is 0. The molecule has 0 amide bonds. The lowest BCUT2D eigenvalue weighted by Crippen LogP contribution is -2.57. The summed E-state index contributed by atoms with van der Waals surface area (Å²) in [4.78, 5) is 13.0. The number of hydrogen-bond acceptors (Lipinski definition) is 3. The Morgan fingerprint density at radius 2 is 1.50 bits per heavy atom. The molecule has 1 saturated heterocycles. The molecule has 2 aromatic carbocycles. The van der Waals surface area contributed by atoms with Gasteiger partial charge in [-0.1, -0.05) is 74.5 Å². The van der Waals surface area contributed by atoms with E-state index in [1.807, 2.05) is 48.5 Å². The van der Waals surface area contributed by atoms with Crippen molar-refractivity contribution in [1.82, 2.24) is 0 Å². The van der Waals surface area contributed by atoms with Gasteiger partial charge in [0.1, 0.15) is 5.60 Å². The molecule has 0 bridgehead atoms. The van der Waals surface area contributed by atoms with Crippen LogP contribution in [-0.4, -0.2) is 18.2 Å². The first-order valence-electron chi connectivity index (χ1n) is 9.40. The highest BCUT2D eigenvalue weighted by atomic mass is 16.6. The van der Waals surface area contributed by atoms with Crippen molar-refractivity contribution in [1.29, 1.82) is 0 Å². The molecule has 2 heterocycles. The van der Waals surface area contributed by atoms with Crippen molar-refractivity contribution in [2.75, 3.05) is 6.61 Å². The van der Waals surface area contributed by atoms with E-state index in [-0.39, 0.29) is 5.97 Å². The maximum Gasteiger partial charge on any atom is 0.339 e. The van der Waals surface area contributed by atoms with Crippen LogP contribution in [0, 0.1) is 0 Å². The van der Waals surface area contributed by atoms with E-state index in [1.165, 1.54) is 0 Å². The largest absolute Gasteiger partial charge is 0.447 e. The Kier molecular flexibility index (Phi) is 4.20. The van der Waals surface area contributed by atoms with Gasteiger partial charge in [0.05, 0.1) is 12.2 Å². The van der Waals surface area contributed by atoms with Crippen LogP contribution < -0.4 is 0 Å². The molecule has 0 aromatic heterocycles. The molecule has 0 unspecified atom stereocenters. The summed E-state index contributed by atoms with van der Waals surface area (Å²) in [6, 6.07) is 20.1. The van der Waals surface area contributed by atoms with E-state index < -0.39 is 11.2 Å². The predicted octanol–water partition coefficient (Wildman–Crippen LogP) is 4.87. The van der Waals surface area contributed by atoms with E-state index in [4.69, 9.17) is 9.47 Å². The first-order valence-corrected chi connectivity index (χ1v) is 9.40. The zero-order valence-electron chi connectivity index (χ0n) is 15.3. The summed E-state index contributed by atoms with van der Waals surface area (Å²) in [6.45, 7) is 4.79. The number of hydrogen-bond donors (Lipinski definition) is 0. The maximum atomic E-state index is 13.0. The Hall–Kier alpha value is -2.39. The van der Waals surface area contributed by atoms with Crippen molar-refractivity contribution >= 4 is 11.5 Å². The number of fused-ring (bicyclic) bond motifs is 1. The molecule has 3 nitrogen and oxygen atoms in total. The first-order chi connectivity index (χ1) is 12.7. The van der Waals surface area contributed by atoms with Crippen LogP contribution in [0.3, 0.4) is 0 Å². The number of carbonyl (C=O) groups excluding carboxylic acids is 1. The molecular weight excluding hydrogens is 324 g/mol. The first kappa shape index (κ1) is 17.0. The molecule has 0 radical (unpaired) electrons. The lowest BCUT2D eigenvalue weighted by atomic mass is 9.67. The fraction of sp³-hybridized carbons (Fsp3) is 0.348. The van der Waals surface area contributed by atoms with Crippen molar-refractivity contribution in [2.24, 2.45) is 0 Å². The zero-order valence-corrected chi connectivity index (χ0v) is 15.3. The van der Waals surface area contributed by atoms with Crippen LogP contribution in [0.4, 0.5) is 0 Å². The van der Waals surface area contributed by atoms with Crippen molar-refractivity contribution in [3.8, 4) is 0 Å². The molecule has 1 fully saturated rings. The molecule has 3 heteroatoms. The minimum absolute atomic E-state index is 0.229. The summed E-state index contributed by atoms with van der Waals surface area (Å²) in [5.74, 6) is -0.229. The van der Waals surface area contributed by atoms with E-state index >= 15 is 0 Å². The van der Waals surface area contributed by atoms with Crippen LogP contribution in [0.25, 0.3) is 5.57 Å². The average molecular weight is 348 g/mol. The molecular formula is C23H24O3. The normalized spacial score (nSPS) is 28.0. The SMILES string of the molecule is CC[C@@]12OC(=O)C(c3ccccc3)=C1CCO[C@]2(CC)c1ccccc1. The number of ether oxygens (including phenoxy) is 2. The second-order valence-electron chi connectivity index (χ2n) is 6.93. The molecule has 4 rings (SSSR count). The maximum absolute atomic E-state index is 13.0. The van der Waals surface area contributed by atoms with Gasteiger partial charge in [0.2, 0.25) is 0 Å². The van der Waals surface area contributed by atoms with Gasteiger partial charge in [-0.2, -0.15) is 0 Å². The number of rotatable bonds is 4. The van der Waals surface area contributed by atoms with Gasteiger partial charge in [-0.25, -0.2) is 4.79 Å². The summed E-state index contributed by atoms with van der Waals surface area (Å²) < 4.78 is 12.6. The third-order valence-corrected chi connectivity index (χ3v) is 5.91. The number of benzene rings is 2. The van der Waals surface area contributed by atoms with Gasteiger partial charge >= 0.3 is 5.97 Å². The van der Waals surface area contributed by atoms with Crippen LogP contribution in [0.15, 0.2) is 66.2 Å². The lowest BCUT2D eigenvalue weighted by Gasteiger charge is -2.51. The summed E-state index contributed by atoms with van der Waals surface area (Å²) >= 11 is 0. The Morgan fingerprint density at radius 3 is 2.12 bits per heavy atom.